The molecule has 6 nitrogen and oxygen atoms in total. The molecule has 0 spiro atoms. The molecule has 0 amide bonds. The summed E-state index contributed by atoms with van der Waals surface area (Å²) in [6, 6.07) is 4.14. The zero-order chi connectivity index (χ0) is 17.4. The molecular formula is C17H27N5OS. The molecule has 1 atom stereocenters. The Hall–Kier alpha value is -1.86. The minimum Gasteiger partial charge on any atom is -0.468 e. The lowest BCUT2D eigenvalue weighted by Crippen LogP contribution is -2.42. The molecule has 1 unspecified atom stereocenters. The number of guanidine groups is 1. The van der Waals surface area contributed by atoms with Gasteiger partial charge in [0.05, 0.1) is 18.8 Å². The van der Waals surface area contributed by atoms with Crippen LogP contribution in [0.3, 0.4) is 0 Å². The van der Waals surface area contributed by atoms with Crippen molar-refractivity contribution in [3.05, 3.63) is 40.2 Å². The quantitative estimate of drug-likeness (QED) is 0.567. The number of aryl methyl sites for hydroxylation is 1. The zero-order valence-corrected chi connectivity index (χ0v) is 15.7. The normalized spacial score (nSPS) is 13.3. The van der Waals surface area contributed by atoms with Crippen LogP contribution in [0.15, 0.2) is 34.0 Å². The average molecular weight is 350 g/mol. The summed E-state index contributed by atoms with van der Waals surface area (Å²) in [4.78, 5) is 12.2. The Kier molecular flexibility index (Phi) is 7.27. The number of aliphatic imine (C=N–C) groups is 1. The Bertz CT molecular complexity index is 619. The lowest BCUT2D eigenvalue weighted by Gasteiger charge is -2.28. The first kappa shape index (κ1) is 18.5. The van der Waals surface area contributed by atoms with E-state index in [9.17, 15) is 0 Å². The number of nitrogens with one attached hydrogen (secondary N) is 2. The van der Waals surface area contributed by atoms with Gasteiger partial charge in [-0.2, -0.15) is 0 Å². The highest BCUT2D eigenvalue weighted by molar-refractivity contribution is 7.11. The van der Waals surface area contributed by atoms with E-state index in [-0.39, 0.29) is 6.04 Å². The van der Waals surface area contributed by atoms with Crippen molar-refractivity contribution in [3.63, 3.8) is 0 Å². The van der Waals surface area contributed by atoms with Gasteiger partial charge in [0.15, 0.2) is 5.96 Å². The maximum atomic E-state index is 5.63. The Morgan fingerprint density at radius 2 is 2.17 bits per heavy atom. The summed E-state index contributed by atoms with van der Waals surface area (Å²) in [5.74, 6) is 1.74. The van der Waals surface area contributed by atoms with E-state index in [0.29, 0.717) is 6.54 Å². The van der Waals surface area contributed by atoms with Gasteiger partial charge in [0, 0.05) is 24.7 Å². The molecule has 132 valence electrons. The van der Waals surface area contributed by atoms with E-state index in [0.717, 1.165) is 36.4 Å². The minimum absolute atomic E-state index is 0.177. The monoisotopic (exact) mass is 349 g/mol. The van der Waals surface area contributed by atoms with Gasteiger partial charge in [0.2, 0.25) is 0 Å². The van der Waals surface area contributed by atoms with Gasteiger partial charge in [0.25, 0.3) is 0 Å². The molecule has 0 saturated carbocycles. The second-order valence-electron chi connectivity index (χ2n) is 5.42. The van der Waals surface area contributed by atoms with Crippen LogP contribution in [0.4, 0.5) is 0 Å². The highest BCUT2D eigenvalue weighted by Gasteiger charge is 2.20. The van der Waals surface area contributed by atoms with Crippen LogP contribution in [-0.2, 0) is 6.54 Å². The number of hydrogen-bond acceptors (Lipinski definition) is 5. The van der Waals surface area contributed by atoms with E-state index >= 15 is 0 Å². The van der Waals surface area contributed by atoms with Crippen LogP contribution in [0.5, 0.6) is 0 Å². The minimum atomic E-state index is 0.177. The molecule has 0 radical (unpaired) electrons. The fourth-order valence-electron chi connectivity index (χ4n) is 2.61. The van der Waals surface area contributed by atoms with Gasteiger partial charge < -0.3 is 15.1 Å². The fourth-order valence-corrected chi connectivity index (χ4v) is 3.34. The molecular weight excluding hydrogens is 322 g/mol. The van der Waals surface area contributed by atoms with Gasteiger partial charge in [-0.25, -0.2) is 4.98 Å². The molecule has 24 heavy (non-hydrogen) atoms. The largest absolute Gasteiger partial charge is 0.468 e. The van der Waals surface area contributed by atoms with Crippen molar-refractivity contribution >= 4 is 17.3 Å². The van der Waals surface area contributed by atoms with Crippen molar-refractivity contribution in [1.29, 1.82) is 0 Å². The summed E-state index contributed by atoms with van der Waals surface area (Å²) in [6.45, 7) is 9.73. The summed E-state index contributed by atoms with van der Waals surface area (Å²) in [5, 5.41) is 7.77. The van der Waals surface area contributed by atoms with E-state index in [1.807, 2.05) is 18.3 Å². The maximum Gasteiger partial charge on any atom is 0.191 e. The number of thiazole rings is 1. The molecule has 0 bridgehead atoms. The molecule has 0 aliphatic heterocycles. The molecule has 2 aromatic heterocycles. The Morgan fingerprint density at radius 1 is 1.38 bits per heavy atom. The van der Waals surface area contributed by atoms with Crippen LogP contribution in [-0.4, -0.2) is 42.5 Å². The van der Waals surface area contributed by atoms with Gasteiger partial charge in [-0.05, 0) is 32.1 Å². The highest BCUT2D eigenvalue weighted by Crippen LogP contribution is 2.20. The molecule has 0 saturated heterocycles. The SMILES string of the molecule is CCN(CC)C(CNC(=NC)NCc1ncc(C)s1)c1ccco1. The number of furan rings is 1. The molecule has 0 aliphatic carbocycles. The van der Waals surface area contributed by atoms with E-state index in [1.54, 1.807) is 24.6 Å². The predicted molar refractivity (Wildman–Crippen MR) is 99.4 cm³/mol. The predicted octanol–water partition coefficient (Wildman–Crippen LogP) is 2.79. The van der Waals surface area contributed by atoms with E-state index in [1.165, 1.54) is 4.88 Å². The van der Waals surface area contributed by atoms with Crippen molar-refractivity contribution in [2.24, 2.45) is 4.99 Å². The first-order valence-corrected chi connectivity index (χ1v) is 9.12. The van der Waals surface area contributed by atoms with Crippen LogP contribution in [0, 0.1) is 6.92 Å². The highest BCUT2D eigenvalue weighted by atomic mass is 32.1. The van der Waals surface area contributed by atoms with E-state index in [2.05, 4.69) is 46.3 Å². The summed E-state index contributed by atoms with van der Waals surface area (Å²) >= 11 is 1.70. The van der Waals surface area contributed by atoms with Gasteiger partial charge in [-0.1, -0.05) is 13.8 Å². The van der Waals surface area contributed by atoms with E-state index < -0.39 is 0 Å². The van der Waals surface area contributed by atoms with Crippen LogP contribution < -0.4 is 10.6 Å². The zero-order valence-electron chi connectivity index (χ0n) is 14.9. The molecule has 7 heteroatoms. The Balaban J connectivity index is 1.93. The van der Waals surface area contributed by atoms with Gasteiger partial charge in [-0.15, -0.1) is 11.3 Å². The summed E-state index contributed by atoms with van der Waals surface area (Å²) in [7, 11) is 1.78. The number of hydrogen-bond donors (Lipinski definition) is 2. The van der Waals surface area contributed by atoms with Gasteiger partial charge >= 0.3 is 0 Å². The van der Waals surface area contributed by atoms with Crippen molar-refractivity contribution in [3.8, 4) is 0 Å². The summed E-state index contributed by atoms with van der Waals surface area (Å²) in [6.07, 6.45) is 3.62. The molecule has 2 rings (SSSR count). The van der Waals surface area contributed by atoms with Gasteiger partial charge in [-0.3, -0.25) is 9.89 Å². The number of nitrogens with zero attached hydrogens (tertiary/aromatic N) is 3. The second-order valence-corrected chi connectivity index (χ2v) is 6.74. The summed E-state index contributed by atoms with van der Waals surface area (Å²) < 4.78 is 5.63. The van der Waals surface area contributed by atoms with Crippen molar-refractivity contribution < 1.29 is 4.42 Å². The molecule has 0 aliphatic rings. The third-order valence-corrected chi connectivity index (χ3v) is 4.80. The lowest BCUT2D eigenvalue weighted by molar-refractivity contribution is 0.193. The molecule has 2 heterocycles. The first-order chi connectivity index (χ1) is 11.7. The van der Waals surface area contributed by atoms with Gasteiger partial charge in [0.1, 0.15) is 10.8 Å². The number of rotatable bonds is 8. The average Bonchev–Trinajstić information content (AvgIpc) is 3.25. The fraction of sp³-hybridized carbons (Fsp3) is 0.529. The Morgan fingerprint density at radius 3 is 2.71 bits per heavy atom. The molecule has 2 aromatic rings. The van der Waals surface area contributed by atoms with Crippen molar-refractivity contribution in [1.82, 2.24) is 20.5 Å². The van der Waals surface area contributed by atoms with Crippen LogP contribution in [0.2, 0.25) is 0 Å². The van der Waals surface area contributed by atoms with Crippen molar-refractivity contribution in [2.75, 3.05) is 26.7 Å². The van der Waals surface area contributed by atoms with Crippen LogP contribution in [0.1, 0.15) is 35.5 Å². The first-order valence-electron chi connectivity index (χ1n) is 8.31. The molecule has 2 N–H and O–H groups in total. The second kappa shape index (κ2) is 9.44. The molecule has 0 fully saturated rings. The smallest absolute Gasteiger partial charge is 0.191 e. The molecule has 0 aromatic carbocycles. The van der Waals surface area contributed by atoms with E-state index in [4.69, 9.17) is 4.42 Å². The standard InChI is InChI=1S/C17H27N5OS/c1-5-22(6-2)14(15-8-7-9-23-15)11-20-17(18-4)21-12-16-19-10-13(3)24-16/h7-10,14H,5-6,11-12H2,1-4H3,(H2,18,20,21). The van der Waals surface area contributed by atoms with Crippen LogP contribution >= 0.6 is 11.3 Å². The van der Waals surface area contributed by atoms with Crippen molar-refractivity contribution in [2.45, 2.75) is 33.4 Å². The lowest BCUT2D eigenvalue weighted by atomic mass is 10.2. The maximum absolute atomic E-state index is 5.63. The van der Waals surface area contributed by atoms with Crippen LogP contribution in [0.25, 0.3) is 0 Å². The third-order valence-electron chi connectivity index (χ3n) is 3.89. The number of aromatic nitrogens is 1. The summed E-state index contributed by atoms with van der Waals surface area (Å²) in [5.41, 5.74) is 0. The third kappa shape index (κ3) is 5.07. The number of likely N-dealkylation sites (N-methyl/N-ethyl adjacent to an activating group) is 1. The Labute approximate surface area is 148 Å². The topological polar surface area (TPSA) is 65.7 Å².